The molecule has 0 saturated heterocycles. The van der Waals surface area contributed by atoms with E-state index in [0.717, 1.165) is 35.8 Å². The van der Waals surface area contributed by atoms with E-state index in [-0.39, 0.29) is 6.04 Å². The molecule has 4 rings (SSSR count). The highest BCUT2D eigenvalue weighted by Crippen LogP contribution is 2.34. The highest BCUT2D eigenvalue weighted by molar-refractivity contribution is 5.69. The molecule has 0 radical (unpaired) electrons. The molecule has 1 aliphatic heterocycles. The molecular formula is C18H19N3O. The number of rotatable bonds is 2. The lowest BCUT2D eigenvalue weighted by Gasteiger charge is -2.27. The number of hydrogen-bond donors (Lipinski definition) is 1. The molecule has 1 aromatic carbocycles. The molecule has 3 heterocycles. The zero-order valence-electron chi connectivity index (χ0n) is 12.8. The van der Waals surface area contributed by atoms with Crippen molar-refractivity contribution in [2.45, 2.75) is 26.3 Å². The first-order valence-corrected chi connectivity index (χ1v) is 7.66. The summed E-state index contributed by atoms with van der Waals surface area (Å²) in [4.78, 5) is 4.70. The number of nitrogens with zero attached hydrogens (tertiary/aromatic N) is 2. The largest absolute Gasteiger partial charge is 0.493 e. The van der Waals surface area contributed by atoms with Crippen molar-refractivity contribution in [2.75, 3.05) is 11.9 Å². The Morgan fingerprint density at radius 1 is 1.18 bits per heavy atom. The second kappa shape index (κ2) is 5.05. The summed E-state index contributed by atoms with van der Waals surface area (Å²) in [5.41, 5.74) is 5.53. The number of pyridine rings is 1. The van der Waals surface area contributed by atoms with Gasteiger partial charge in [0.2, 0.25) is 0 Å². The maximum Gasteiger partial charge on any atom is 0.160 e. The first kappa shape index (κ1) is 13.2. The van der Waals surface area contributed by atoms with E-state index >= 15 is 0 Å². The van der Waals surface area contributed by atoms with Crippen LogP contribution in [-0.4, -0.2) is 16.0 Å². The molecule has 0 aliphatic carbocycles. The highest BCUT2D eigenvalue weighted by Gasteiger charge is 2.22. The van der Waals surface area contributed by atoms with Crippen LogP contribution in [-0.2, 0) is 0 Å². The van der Waals surface area contributed by atoms with E-state index in [1.54, 1.807) is 0 Å². The SMILES string of the molecule is Cc1nc2c(NC3CCOc4ccccc43)cccn2c1C. The molecule has 4 nitrogen and oxygen atoms in total. The van der Waals surface area contributed by atoms with Gasteiger partial charge in [-0.05, 0) is 32.0 Å². The van der Waals surface area contributed by atoms with E-state index in [2.05, 4.69) is 54.0 Å². The first-order valence-electron chi connectivity index (χ1n) is 7.66. The van der Waals surface area contributed by atoms with E-state index in [4.69, 9.17) is 9.72 Å². The van der Waals surface area contributed by atoms with E-state index in [9.17, 15) is 0 Å². The van der Waals surface area contributed by atoms with Crippen LogP contribution < -0.4 is 10.1 Å². The van der Waals surface area contributed by atoms with Crippen molar-refractivity contribution < 1.29 is 4.74 Å². The monoisotopic (exact) mass is 293 g/mol. The Morgan fingerprint density at radius 3 is 2.95 bits per heavy atom. The number of fused-ring (bicyclic) bond motifs is 2. The summed E-state index contributed by atoms with van der Waals surface area (Å²) in [6, 6.07) is 12.7. The van der Waals surface area contributed by atoms with Crippen molar-refractivity contribution >= 4 is 11.3 Å². The molecule has 0 saturated carbocycles. The zero-order valence-corrected chi connectivity index (χ0v) is 12.8. The summed E-state index contributed by atoms with van der Waals surface area (Å²) in [6.07, 6.45) is 3.02. The van der Waals surface area contributed by atoms with Crippen LogP contribution in [0.25, 0.3) is 5.65 Å². The Morgan fingerprint density at radius 2 is 2.05 bits per heavy atom. The topological polar surface area (TPSA) is 38.6 Å². The molecule has 2 aromatic heterocycles. The predicted octanol–water partition coefficient (Wildman–Crippen LogP) is 3.89. The normalized spacial score (nSPS) is 17.1. The van der Waals surface area contributed by atoms with Crippen LogP contribution in [0.3, 0.4) is 0 Å². The Balaban J connectivity index is 1.75. The van der Waals surface area contributed by atoms with Gasteiger partial charge in [0.05, 0.1) is 24.0 Å². The molecule has 1 aliphatic rings. The van der Waals surface area contributed by atoms with Crippen LogP contribution in [0.2, 0.25) is 0 Å². The average Bonchev–Trinajstić information content (AvgIpc) is 2.84. The molecule has 4 heteroatoms. The fourth-order valence-corrected chi connectivity index (χ4v) is 3.09. The summed E-state index contributed by atoms with van der Waals surface area (Å²) < 4.78 is 7.88. The summed E-state index contributed by atoms with van der Waals surface area (Å²) in [7, 11) is 0. The fourth-order valence-electron chi connectivity index (χ4n) is 3.09. The third kappa shape index (κ3) is 2.03. The van der Waals surface area contributed by atoms with Gasteiger partial charge in [0.1, 0.15) is 5.75 Å². The lowest BCUT2D eigenvalue weighted by molar-refractivity contribution is 0.274. The van der Waals surface area contributed by atoms with Gasteiger partial charge in [0.25, 0.3) is 0 Å². The number of nitrogens with one attached hydrogen (secondary N) is 1. The maximum atomic E-state index is 5.74. The number of ether oxygens (including phenoxy) is 1. The van der Waals surface area contributed by atoms with Gasteiger partial charge < -0.3 is 14.5 Å². The summed E-state index contributed by atoms with van der Waals surface area (Å²) >= 11 is 0. The number of aryl methyl sites for hydroxylation is 2. The third-order valence-electron chi connectivity index (χ3n) is 4.41. The molecule has 112 valence electrons. The number of benzene rings is 1. The van der Waals surface area contributed by atoms with Gasteiger partial charge in [-0.15, -0.1) is 0 Å². The molecule has 1 N–H and O–H groups in total. The van der Waals surface area contributed by atoms with Crippen LogP contribution in [0.4, 0.5) is 5.69 Å². The average molecular weight is 293 g/mol. The summed E-state index contributed by atoms with van der Waals surface area (Å²) in [6.45, 7) is 4.89. The van der Waals surface area contributed by atoms with Crippen LogP contribution in [0, 0.1) is 13.8 Å². The van der Waals surface area contributed by atoms with Gasteiger partial charge in [-0.2, -0.15) is 0 Å². The smallest absolute Gasteiger partial charge is 0.160 e. The van der Waals surface area contributed by atoms with E-state index < -0.39 is 0 Å². The number of hydrogen-bond acceptors (Lipinski definition) is 3. The number of para-hydroxylation sites is 1. The van der Waals surface area contributed by atoms with Gasteiger partial charge in [0, 0.05) is 23.9 Å². The predicted molar refractivity (Wildman–Crippen MR) is 87.6 cm³/mol. The summed E-state index contributed by atoms with van der Waals surface area (Å²) in [5, 5.41) is 3.66. The lowest BCUT2D eigenvalue weighted by Crippen LogP contribution is -2.20. The van der Waals surface area contributed by atoms with E-state index in [1.807, 2.05) is 12.1 Å². The fraction of sp³-hybridized carbons (Fsp3) is 0.278. The molecule has 0 bridgehead atoms. The molecule has 0 fully saturated rings. The molecule has 1 atom stereocenters. The highest BCUT2D eigenvalue weighted by atomic mass is 16.5. The minimum absolute atomic E-state index is 0.258. The number of anilines is 1. The summed E-state index contributed by atoms with van der Waals surface area (Å²) in [5.74, 6) is 0.980. The van der Waals surface area contributed by atoms with Gasteiger partial charge >= 0.3 is 0 Å². The third-order valence-corrected chi connectivity index (χ3v) is 4.41. The standard InChI is InChI=1S/C18H19N3O/c1-12-13(2)21-10-5-7-16(18(21)19-12)20-15-9-11-22-17-8-4-3-6-14(15)17/h3-8,10,15,20H,9,11H2,1-2H3. The van der Waals surface area contributed by atoms with Crippen molar-refractivity contribution in [3.05, 3.63) is 59.5 Å². The van der Waals surface area contributed by atoms with Crippen molar-refractivity contribution in [1.82, 2.24) is 9.38 Å². The van der Waals surface area contributed by atoms with Crippen molar-refractivity contribution in [1.29, 1.82) is 0 Å². The van der Waals surface area contributed by atoms with Crippen LogP contribution in [0.5, 0.6) is 5.75 Å². The van der Waals surface area contributed by atoms with Crippen molar-refractivity contribution in [3.63, 3.8) is 0 Å². The second-order valence-electron chi connectivity index (χ2n) is 5.77. The molecular weight excluding hydrogens is 274 g/mol. The van der Waals surface area contributed by atoms with E-state index in [0.29, 0.717) is 0 Å². The lowest BCUT2D eigenvalue weighted by atomic mass is 10.0. The quantitative estimate of drug-likeness (QED) is 0.779. The minimum Gasteiger partial charge on any atom is -0.493 e. The van der Waals surface area contributed by atoms with E-state index in [1.165, 1.54) is 11.3 Å². The molecule has 0 amide bonds. The van der Waals surface area contributed by atoms with Gasteiger partial charge in [-0.3, -0.25) is 0 Å². The van der Waals surface area contributed by atoms with Gasteiger partial charge in [0.15, 0.2) is 5.65 Å². The first-order chi connectivity index (χ1) is 10.7. The van der Waals surface area contributed by atoms with Crippen molar-refractivity contribution in [3.8, 4) is 5.75 Å². The second-order valence-corrected chi connectivity index (χ2v) is 5.77. The molecule has 1 unspecified atom stereocenters. The Kier molecular flexibility index (Phi) is 3.03. The molecule has 0 spiro atoms. The molecule has 3 aromatic rings. The number of imidazole rings is 1. The van der Waals surface area contributed by atoms with Crippen LogP contribution in [0.15, 0.2) is 42.6 Å². The van der Waals surface area contributed by atoms with Crippen LogP contribution in [0.1, 0.15) is 29.4 Å². The zero-order chi connectivity index (χ0) is 15.1. The van der Waals surface area contributed by atoms with Crippen LogP contribution >= 0.6 is 0 Å². The molecule has 22 heavy (non-hydrogen) atoms. The Hall–Kier alpha value is -2.49. The van der Waals surface area contributed by atoms with Crippen molar-refractivity contribution in [2.24, 2.45) is 0 Å². The van der Waals surface area contributed by atoms with Gasteiger partial charge in [-0.25, -0.2) is 4.98 Å². The Labute approximate surface area is 129 Å². The minimum atomic E-state index is 0.258. The Bertz CT molecular complexity index is 837. The maximum absolute atomic E-state index is 5.74. The number of aromatic nitrogens is 2. The van der Waals surface area contributed by atoms with Gasteiger partial charge in [-0.1, -0.05) is 18.2 Å².